The number of anilines is 1. The number of benzene rings is 1. The number of pyridine rings is 2. The molecule has 1 N–H and O–H groups in total. The number of amides is 1. The summed E-state index contributed by atoms with van der Waals surface area (Å²) in [4.78, 5) is 24.7. The number of nitrogens with zero attached hydrogens (tertiary/aromatic N) is 5. The number of fused-ring (bicyclic) bond motifs is 2. The Morgan fingerprint density at radius 2 is 1.88 bits per heavy atom. The Bertz CT molecular complexity index is 1680. The highest BCUT2D eigenvalue weighted by Crippen LogP contribution is 2.45. The Balaban J connectivity index is 1.24. The summed E-state index contributed by atoms with van der Waals surface area (Å²) in [6, 6.07) is 11.9. The fourth-order valence-electron chi connectivity index (χ4n) is 6.42. The lowest BCUT2D eigenvalue weighted by atomic mass is 9.66. The Labute approximate surface area is 250 Å². The molecule has 43 heavy (non-hydrogen) atoms. The van der Waals surface area contributed by atoms with Crippen LogP contribution in [0.15, 0.2) is 36.4 Å². The molecule has 1 atom stereocenters. The van der Waals surface area contributed by atoms with Gasteiger partial charge in [0.2, 0.25) is 0 Å². The van der Waals surface area contributed by atoms with Crippen LogP contribution in [0.1, 0.15) is 45.7 Å². The minimum atomic E-state index is -0.911. The van der Waals surface area contributed by atoms with Crippen molar-refractivity contribution in [2.24, 2.45) is 13.0 Å². The number of aryl methyl sites for hydroxylation is 2. The topological polar surface area (TPSA) is 104 Å². The second-order valence-electron chi connectivity index (χ2n) is 12.7. The van der Waals surface area contributed by atoms with E-state index in [2.05, 4.69) is 21.4 Å². The zero-order valence-corrected chi connectivity index (χ0v) is 25.6. The van der Waals surface area contributed by atoms with Gasteiger partial charge < -0.3 is 24.4 Å². The molecular formula is C32H39FN6O4. The molecule has 1 saturated carbocycles. The van der Waals surface area contributed by atoms with Gasteiger partial charge in [-0.25, -0.2) is 19.2 Å². The van der Waals surface area contributed by atoms with Crippen molar-refractivity contribution in [1.82, 2.24) is 25.1 Å². The molecule has 3 aromatic heterocycles. The van der Waals surface area contributed by atoms with Gasteiger partial charge in [0.1, 0.15) is 23.3 Å². The Morgan fingerprint density at radius 1 is 1.14 bits per heavy atom. The number of carbonyl (C=O) groups excluding carboxylic acids is 1. The number of nitrogens with one attached hydrogen (secondary N) is 1. The predicted molar refractivity (Wildman–Crippen MR) is 163 cm³/mol. The van der Waals surface area contributed by atoms with E-state index in [1.165, 1.54) is 0 Å². The summed E-state index contributed by atoms with van der Waals surface area (Å²) in [6.07, 6.45) is 0.0508. The number of hydrogen-bond acceptors (Lipinski definition) is 8. The first-order valence-electron chi connectivity index (χ1n) is 14.7. The van der Waals surface area contributed by atoms with E-state index in [0.29, 0.717) is 25.1 Å². The lowest BCUT2D eigenvalue weighted by molar-refractivity contribution is 0.00169. The van der Waals surface area contributed by atoms with Gasteiger partial charge in [-0.1, -0.05) is 0 Å². The van der Waals surface area contributed by atoms with Gasteiger partial charge in [-0.15, -0.1) is 0 Å². The molecule has 0 spiro atoms. The van der Waals surface area contributed by atoms with Crippen LogP contribution in [0.3, 0.4) is 0 Å². The number of hydrogen-bond donors (Lipinski definition) is 1. The molecule has 1 amide bonds. The van der Waals surface area contributed by atoms with Crippen molar-refractivity contribution in [2.45, 2.75) is 64.3 Å². The van der Waals surface area contributed by atoms with Crippen LogP contribution in [-0.4, -0.2) is 70.1 Å². The molecule has 0 bridgehead atoms. The summed E-state index contributed by atoms with van der Waals surface area (Å²) in [5.74, 6) is 1.60. The second kappa shape index (κ2) is 10.9. The quantitative estimate of drug-likeness (QED) is 0.274. The summed E-state index contributed by atoms with van der Waals surface area (Å²) in [7, 11) is 3.50. The summed E-state index contributed by atoms with van der Waals surface area (Å²) >= 11 is 0. The first-order chi connectivity index (χ1) is 20.4. The molecule has 11 heteroatoms. The van der Waals surface area contributed by atoms with Crippen LogP contribution in [0.5, 0.6) is 5.75 Å². The average Bonchev–Trinajstić information content (AvgIpc) is 3.53. The summed E-state index contributed by atoms with van der Waals surface area (Å²) in [5.41, 5.74) is 3.84. The van der Waals surface area contributed by atoms with Crippen molar-refractivity contribution < 1.29 is 23.4 Å². The van der Waals surface area contributed by atoms with Crippen LogP contribution in [0.2, 0.25) is 0 Å². The Morgan fingerprint density at radius 3 is 2.60 bits per heavy atom. The summed E-state index contributed by atoms with van der Waals surface area (Å²) in [5, 5.41) is 8.62. The van der Waals surface area contributed by atoms with Crippen molar-refractivity contribution >= 4 is 33.8 Å². The molecule has 1 unspecified atom stereocenters. The van der Waals surface area contributed by atoms with Crippen LogP contribution < -0.4 is 15.0 Å². The van der Waals surface area contributed by atoms with Crippen molar-refractivity contribution in [3.63, 3.8) is 0 Å². The smallest absolute Gasteiger partial charge is 0.408 e. The van der Waals surface area contributed by atoms with E-state index < -0.39 is 23.4 Å². The third kappa shape index (κ3) is 5.70. The normalized spacial score (nSPS) is 22.2. The molecule has 1 saturated heterocycles. The maximum atomic E-state index is 14.1. The van der Waals surface area contributed by atoms with E-state index in [9.17, 15) is 9.18 Å². The summed E-state index contributed by atoms with van der Waals surface area (Å²) in [6.45, 7) is 9.03. The predicted octanol–water partition coefficient (Wildman–Crippen LogP) is 5.70. The Kier molecular flexibility index (Phi) is 7.40. The standard InChI is InChI=1S/C32H39FN6O4/c1-19-22-13-23(28(42-18-41-6)14-27(22)38(5)37-19)24-7-8-26-25(34-24)9-10-29(35-26)39-12-11-20(17-39)32(15-21(33)16-32)36-30(40)43-31(2,3)4/h7-10,13-14,20-21H,11-12,15-18H2,1-6H3,(H,36,40). The minimum absolute atomic E-state index is 0.0985. The molecule has 2 fully saturated rings. The van der Waals surface area contributed by atoms with Gasteiger partial charge in [-0.2, -0.15) is 5.10 Å². The van der Waals surface area contributed by atoms with Crippen molar-refractivity contribution in [1.29, 1.82) is 0 Å². The highest BCUT2D eigenvalue weighted by atomic mass is 19.1. The largest absolute Gasteiger partial charge is 0.467 e. The van der Waals surface area contributed by atoms with E-state index >= 15 is 0 Å². The van der Waals surface area contributed by atoms with Gasteiger partial charge in [0.15, 0.2) is 6.79 Å². The summed E-state index contributed by atoms with van der Waals surface area (Å²) < 4.78 is 32.6. The number of methoxy groups -OCH3 is 1. The number of ether oxygens (including phenoxy) is 3. The van der Waals surface area contributed by atoms with E-state index in [-0.39, 0.29) is 12.7 Å². The molecule has 228 valence electrons. The van der Waals surface area contributed by atoms with E-state index in [1.54, 1.807) is 7.11 Å². The van der Waals surface area contributed by atoms with Gasteiger partial charge in [0.05, 0.1) is 33.5 Å². The van der Waals surface area contributed by atoms with Crippen LogP contribution in [0, 0.1) is 12.8 Å². The third-order valence-electron chi connectivity index (χ3n) is 8.49. The number of halogens is 1. The molecule has 10 nitrogen and oxygen atoms in total. The highest BCUT2D eigenvalue weighted by molar-refractivity contribution is 5.91. The first-order valence-corrected chi connectivity index (χ1v) is 14.7. The zero-order valence-electron chi connectivity index (χ0n) is 25.6. The van der Waals surface area contributed by atoms with Crippen molar-refractivity contribution in [3.8, 4) is 17.0 Å². The van der Waals surface area contributed by atoms with Crippen LogP contribution >= 0.6 is 0 Å². The molecule has 1 aromatic carbocycles. The number of aromatic nitrogens is 4. The molecular weight excluding hydrogens is 551 g/mol. The SMILES string of the molecule is COCOc1cc2c(cc1-c1ccc3nc(N4CCC(C5(NC(=O)OC(C)(C)C)CC(F)C5)C4)ccc3n1)c(C)nn2C. The molecule has 1 aliphatic heterocycles. The maximum Gasteiger partial charge on any atom is 0.408 e. The molecule has 0 radical (unpaired) electrons. The van der Waals surface area contributed by atoms with Gasteiger partial charge in [0, 0.05) is 63.0 Å². The third-order valence-corrected chi connectivity index (χ3v) is 8.49. The molecule has 4 aromatic rings. The average molecular weight is 591 g/mol. The van der Waals surface area contributed by atoms with Gasteiger partial charge in [-0.05, 0) is 64.4 Å². The maximum absolute atomic E-state index is 14.1. The number of alkyl carbamates (subject to hydrolysis) is 1. The lowest BCUT2D eigenvalue weighted by Gasteiger charge is -2.48. The zero-order chi connectivity index (χ0) is 30.5. The first kappa shape index (κ1) is 29.1. The Hall–Kier alpha value is -3.99. The fraction of sp³-hybridized carbons (Fsp3) is 0.500. The van der Waals surface area contributed by atoms with Crippen molar-refractivity contribution in [2.75, 3.05) is 31.9 Å². The van der Waals surface area contributed by atoms with Gasteiger partial charge >= 0.3 is 6.09 Å². The van der Waals surface area contributed by atoms with E-state index in [4.69, 9.17) is 24.2 Å². The van der Waals surface area contributed by atoms with Gasteiger partial charge in [0.25, 0.3) is 0 Å². The molecule has 4 heterocycles. The highest BCUT2D eigenvalue weighted by Gasteiger charge is 2.53. The van der Waals surface area contributed by atoms with E-state index in [0.717, 1.165) is 57.7 Å². The lowest BCUT2D eigenvalue weighted by Crippen LogP contribution is -2.63. The van der Waals surface area contributed by atoms with Crippen LogP contribution in [0.4, 0.5) is 15.0 Å². The number of rotatable bonds is 7. The number of carbonyl (C=O) groups is 1. The second-order valence-corrected chi connectivity index (χ2v) is 12.7. The molecule has 1 aliphatic carbocycles. The monoisotopic (exact) mass is 590 g/mol. The van der Waals surface area contributed by atoms with Gasteiger partial charge in [-0.3, -0.25) is 4.68 Å². The minimum Gasteiger partial charge on any atom is -0.467 e. The van der Waals surface area contributed by atoms with E-state index in [1.807, 2.05) is 69.8 Å². The fourth-order valence-corrected chi connectivity index (χ4v) is 6.42. The number of alkyl halides is 1. The van der Waals surface area contributed by atoms with Crippen LogP contribution in [0.25, 0.3) is 33.2 Å². The molecule has 6 rings (SSSR count). The van der Waals surface area contributed by atoms with Crippen molar-refractivity contribution in [3.05, 3.63) is 42.1 Å². The molecule has 2 aliphatic rings. The van der Waals surface area contributed by atoms with Crippen LogP contribution in [-0.2, 0) is 16.5 Å².